The van der Waals surface area contributed by atoms with E-state index in [-0.39, 0.29) is 6.04 Å². The van der Waals surface area contributed by atoms with Gasteiger partial charge in [-0.3, -0.25) is 0 Å². The van der Waals surface area contributed by atoms with Crippen LogP contribution in [0.3, 0.4) is 0 Å². The van der Waals surface area contributed by atoms with Gasteiger partial charge in [-0.25, -0.2) is 0 Å². The Hall–Kier alpha value is -0.160. The Bertz CT molecular complexity index is 175. The molecular weight excluding hydrogens is 146 g/mol. The number of hydrogen-bond donors (Lipinski definition) is 4. The Labute approximate surface area is 64.8 Å². The van der Waals surface area contributed by atoms with Crippen LogP contribution in [-0.2, 0) is 0 Å². The summed E-state index contributed by atoms with van der Waals surface area (Å²) in [6, 6.07) is -0.322. The van der Waals surface area contributed by atoms with Gasteiger partial charge in [-0.15, -0.1) is 0 Å². The minimum Gasteiger partial charge on any atom is -0.391 e. The van der Waals surface area contributed by atoms with Gasteiger partial charge in [-0.1, -0.05) is 0 Å². The van der Waals surface area contributed by atoms with E-state index in [0.29, 0.717) is 19.4 Å². The van der Waals surface area contributed by atoms with Crippen molar-refractivity contribution < 1.29 is 15.3 Å². The van der Waals surface area contributed by atoms with E-state index in [4.69, 9.17) is 0 Å². The summed E-state index contributed by atoms with van der Waals surface area (Å²) in [4.78, 5) is 0. The standard InChI is InChI=1S/C7H13NO3/c9-4-1-2-7(11)5(10)3-8-6(4)7/h4-6,8-11H,1-3H2/t4-,5+,6+,7-/m0/s1. The van der Waals surface area contributed by atoms with Crippen molar-refractivity contribution >= 4 is 0 Å². The van der Waals surface area contributed by atoms with Crippen LogP contribution in [0.5, 0.6) is 0 Å². The normalized spacial score (nSPS) is 56.5. The van der Waals surface area contributed by atoms with Crippen LogP contribution in [0, 0.1) is 0 Å². The first kappa shape index (κ1) is 7.49. The van der Waals surface area contributed by atoms with Crippen molar-refractivity contribution in [3.05, 3.63) is 0 Å². The van der Waals surface area contributed by atoms with Crippen LogP contribution in [0.4, 0.5) is 0 Å². The molecule has 0 aromatic carbocycles. The summed E-state index contributed by atoms with van der Waals surface area (Å²) in [7, 11) is 0. The Morgan fingerprint density at radius 1 is 1.36 bits per heavy atom. The number of fused-ring (bicyclic) bond motifs is 1. The molecule has 11 heavy (non-hydrogen) atoms. The molecule has 0 aromatic heterocycles. The van der Waals surface area contributed by atoms with Crippen molar-refractivity contribution in [2.75, 3.05) is 6.54 Å². The quantitative estimate of drug-likeness (QED) is 0.337. The van der Waals surface area contributed by atoms with Crippen LogP contribution in [0.2, 0.25) is 0 Å². The topological polar surface area (TPSA) is 72.7 Å². The summed E-state index contributed by atoms with van der Waals surface area (Å²) < 4.78 is 0. The Morgan fingerprint density at radius 2 is 2.09 bits per heavy atom. The molecular formula is C7H13NO3. The SMILES string of the molecule is O[C@@H]1CN[C@@H]2[C@@H](O)CC[C@]12O. The lowest BCUT2D eigenvalue weighted by molar-refractivity contribution is -0.0554. The van der Waals surface area contributed by atoms with E-state index in [1.54, 1.807) is 0 Å². The molecule has 0 amide bonds. The van der Waals surface area contributed by atoms with Gasteiger partial charge < -0.3 is 20.6 Å². The fraction of sp³-hybridized carbons (Fsp3) is 1.00. The molecule has 1 heterocycles. The summed E-state index contributed by atoms with van der Waals surface area (Å²) in [5.41, 5.74) is -1.07. The first-order valence-electron chi connectivity index (χ1n) is 3.96. The molecule has 2 aliphatic rings. The molecule has 1 saturated heterocycles. The average molecular weight is 159 g/mol. The second kappa shape index (κ2) is 2.17. The van der Waals surface area contributed by atoms with Crippen LogP contribution < -0.4 is 5.32 Å². The maximum Gasteiger partial charge on any atom is 0.110 e. The van der Waals surface area contributed by atoms with E-state index in [0.717, 1.165) is 0 Å². The molecule has 2 fully saturated rings. The average Bonchev–Trinajstić information content (AvgIpc) is 2.39. The lowest BCUT2D eigenvalue weighted by Gasteiger charge is -2.25. The summed E-state index contributed by atoms with van der Waals surface area (Å²) in [5, 5.41) is 31.4. The molecule has 0 radical (unpaired) electrons. The summed E-state index contributed by atoms with van der Waals surface area (Å²) in [6.07, 6.45) is -0.153. The zero-order valence-electron chi connectivity index (χ0n) is 6.20. The number of β-amino-alcohol motifs (C(OH)–C–C–N with tert-alkyl or cyclic N) is 1. The van der Waals surface area contributed by atoms with Crippen molar-refractivity contribution in [1.29, 1.82) is 0 Å². The summed E-state index contributed by atoms with van der Waals surface area (Å²) in [5.74, 6) is 0. The van der Waals surface area contributed by atoms with Gasteiger partial charge in [-0.2, -0.15) is 0 Å². The largest absolute Gasteiger partial charge is 0.391 e. The van der Waals surface area contributed by atoms with Gasteiger partial charge in [0, 0.05) is 6.54 Å². The van der Waals surface area contributed by atoms with E-state index in [1.807, 2.05) is 0 Å². The molecule has 4 heteroatoms. The second-order valence-corrected chi connectivity index (χ2v) is 3.50. The van der Waals surface area contributed by atoms with Crippen LogP contribution in [-0.4, -0.2) is 45.7 Å². The van der Waals surface area contributed by atoms with E-state index < -0.39 is 17.8 Å². The smallest absolute Gasteiger partial charge is 0.110 e. The van der Waals surface area contributed by atoms with E-state index in [2.05, 4.69) is 5.32 Å². The second-order valence-electron chi connectivity index (χ2n) is 3.50. The minimum atomic E-state index is -1.07. The summed E-state index contributed by atoms with van der Waals surface area (Å²) in [6.45, 7) is 0.387. The van der Waals surface area contributed by atoms with Gasteiger partial charge in [0.2, 0.25) is 0 Å². The van der Waals surface area contributed by atoms with Gasteiger partial charge in [0.25, 0.3) is 0 Å². The predicted octanol–water partition coefficient (Wildman–Crippen LogP) is -1.80. The molecule has 0 aromatic rings. The number of nitrogens with one attached hydrogen (secondary N) is 1. The molecule has 1 aliphatic carbocycles. The van der Waals surface area contributed by atoms with Crippen molar-refractivity contribution in [2.45, 2.75) is 36.7 Å². The van der Waals surface area contributed by atoms with Crippen LogP contribution in [0.25, 0.3) is 0 Å². The lowest BCUT2D eigenvalue weighted by atomic mass is 9.95. The molecule has 4 nitrogen and oxygen atoms in total. The fourth-order valence-corrected chi connectivity index (χ4v) is 2.14. The van der Waals surface area contributed by atoms with Gasteiger partial charge in [0.05, 0.1) is 18.2 Å². The molecule has 4 atom stereocenters. The number of aliphatic hydroxyl groups is 3. The zero-order valence-corrected chi connectivity index (χ0v) is 6.20. The maximum atomic E-state index is 9.80. The Kier molecular flexibility index (Phi) is 1.47. The highest BCUT2D eigenvalue weighted by atomic mass is 16.4. The van der Waals surface area contributed by atoms with E-state index in [1.165, 1.54) is 0 Å². The van der Waals surface area contributed by atoms with Crippen molar-refractivity contribution in [3.8, 4) is 0 Å². The predicted molar refractivity (Wildman–Crippen MR) is 38.0 cm³/mol. The molecule has 4 N–H and O–H groups in total. The Morgan fingerprint density at radius 3 is 2.73 bits per heavy atom. The highest BCUT2D eigenvalue weighted by Crippen LogP contribution is 2.36. The maximum absolute atomic E-state index is 9.80. The highest BCUT2D eigenvalue weighted by molar-refractivity contribution is 5.11. The summed E-state index contributed by atoms with van der Waals surface area (Å²) >= 11 is 0. The monoisotopic (exact) mass is 159 g/mol. The van der Waals surface area contributed by atoms with Crippen LogP contribution >= 0.6 is 0 Å². The third kappa shape index (κ3) is 0.840. The van der Waals surface area contributed by atoms with Crippen molar-refractivity contribution in [3.63, 3.8) is 0 Å². The van der Waals surface area contributed by atoms with E-state index >= 15 is 0 Å². The van der Waals surface area contributed by atoms with Crippen molar-refractivity contribution in [1.82, 2.24) is 5.32 Å². The molecule has 2 rings (SSSR count). The molecule has 1 saturated carbocycles. The first-order valence-corrected chi connectivity index (χ1v) is 3.96. The minimum absolute atomic E-state index is 0.322. The highest BCUT2D eigenvalue weighted by Gasteiger charge is 2.55. The fourth-order valence-electron chi connectivity index (χ4n) is 2.14. The molecule has 0 spiro atoms. The molecule has 1 aliphatic heterocycles. The van der Waals surface area contributed by atoms with Gasteiger partial charge >= 0.3 is 0 Å². The molecule has 0 unspecified atom stereocenters. The van der Waals surface area contributed by atoms with Crippen LogP contribution in [0.1, 0.15) is 12.8 Å². The van der Waals surface area contributed by atoms with Gasteiger partial charge in [0.15, 0.2) is 0 Å². The van der Waals surface area contributed by atoms with Crippen molar-refractivity contribution in [2.24, 2.45) is 0 Å². The zero-order chi connectivity index (χ0) is 8.06. The third-order valence-electron chi connectivity index (χ3n) is 2.87. The number of hydrogen-bond acceptors (Lipinski definition) is 4. The van der Waals surface area contributed by atoms with Gasteiger partial charge in [0.1, 0.15) is 5.60 Å². The third-order valence-corrected chi connectivity index (χ3v) is 2.87. The molecule has 64 valence electrons. The number of aliphatic hydroxyl groups excluding tert-OH is 2. The lowest BCUT2D eigenvalue weighted by Crippen LogP contribution is -2.47. The van der Waals surface area contributed by atoms with Crippen LogP contribution in [0.15, 0.2) is 0 Å². The molecule has 0 bridgehead atoms. The Balaban J connectivity index is 2.23. The number of rotatable bonds is 0. The first-order chi connectivity index (χ1) is 5.14. The van der Waals surface area contributed by atoms with E-state index in [9.17, 15) is 15.3 Å². The van der Waals surface area contributed by atoms with Gasteiger partial charge in [-0.05, 0) is 12.8 Å².